The maximum absolute atomic E-state index is 6.31. The van der Waals surface area contributed by atoms with Crippen molar-refractivity contribution in [1.29, 1.82) is 0 Å². The van der Waals surface area contributed by atoms with Crippen molar-refractivity contribution in [2.75, 3.05) is 0 Å². The van der Waals surface area contributed by atoms with Crippen molar-refractivity contribution in [3.8, 4) is 0 Å². The van der Waals surface area contributed by atoms with E-state index in [1.54, 1.807) is 0 Å². The van der Waals surface area contributed by atoms with Gasteiger partial charge in [0.1, 0.15) is 0 Å². The fourth-order valence-electron chi connectivity index (χ4n) is 2.73. The van der Waals surface area contributed by atoms with Crippen LogP contribution in [0, 0.1) is 0 Å². The highest BCUT2D eigenvalue weighted by Crippen LogP contribution is 2.39. The van der Waals surface area contributed by atoms with Crippen molar-refractivity contribution in [3.05, 3.63) is 58.0 Å². The van der Waals surface area contributed by atoms with Gasteiger partial charge in [-0.15, -0.1) is 0 Å². The number of rotatable bonds is 0. The normalized spacial score (nSPS) is 11.9. The molecule has 0 aromatic heterocycles. The Labute approximate surface area is 118 Å². The third kappa shape index (κ3) is 1.26. The van der Waals surface area contributed by atoms with Gasteiger partial charge in [-0.05, 0) is 39.1 Å². The van der Waals surface area contributed by atoms with E-state index in [1.165, 1.54) is 26.9 Å². The molecule has 0 amide bonds. The quantitative estimate of drug-likeness (QED) is 0.349. The monoisotopic (exact) mass is 314 g/mol. The summed E-state index contributed by atoms with van der Waals surface area (Å²) in [7, 11) is 0. The summed E-state index contributed by atoms with van der Waals surface area (Å²) >= 11 is 9.94. The lowest BCUT2D eigenvalue weighted by Crippen LogP contribution is -1.84. The van der Waals surface area contributed by atoms with Crippen LogP contribution in [0.3, 0.4) is 0 Å². The van der Waals surface area contributed by atoms with Crippen molar-refractivity contribution in [2.45, 2.75) is 0 Å². The van der Waals surface area contributed by atoms with Crippen LogP contribution >= 0.6 is 27.5 Å². The molecule has 0 aliphatic heterocycles. The van der Waals surface area contributed by atoms with E-state index in [0.29, 0.717) is 0 Å². The van der Waals surface area contributed by atoms with Crippen LogP contribution < -0.4 is 0 Å². The second-order valence-corrected chi connectivity index (χ2v) is 5.78. The highest BCUT2D eigenvalue weighted by molar-refractivity contribution is 9.10. The van der Waals surface area contributed by atoms with Crippen LogP contribution in [-0.2, 0) is 0 Å². The summed E-state index contributed by atoms with van der Waals surface area (Å²) in [6, 6.07) is 16.9. The van der Waals surface area contributed by atoms with Gasteiger partial charge < -0.3 is 0 Å². The van der Waals surface area contributed by atoms with Gasteiger partial charge in [-0.1, -0.05) is 63.9 Å². The second-order valence-electron chi connectivity index (χ2n) is 4.52. The summed E-state index contributed by atoms with van der Waals surface area (Å²) in [6.07, 6.45) is 0. The fourth-order valence-corrected chi connectivity index (χ4v) is 3.41. The van der Waals surface area contributed by atoms with Gasteiger partial charge in [0, 0.05) is 14.9 Å². The lowest BCUT2D eigenvalue weighted by Gasteiger charge is -2.12. The Morgan fingerprint density at radius 1 is 0.667 bits per heavy atom. The molecule has 0 heterocycles. The number of benzene rings is 4. The van der Waals surface area contributed by atoms with Crippen LogP contribution in [0.15, 0.2) is 53.0 Å². The Hall–Kier alpha value is -1.31. The molecule has 0 unspecified atom stereocenters. The minimum Gasteiger partial charge on any atom is -0.0837 e. The van der Waals surface area contributed by atoms with Crippen LogP contribution in [0.2, 0.25) is 5.02 Å². The van der Waals surface area contributed by atoms with Gasteiger partial charge >= 0.3 is 0 Å². The summed E-state index contributed by atoms with van der Waals surface area (Å²) < 4.78 is 1.13. The molecule has 86 valence electrons. The highest BCUT2D eigenvalue weighted by atomic mass is 79.9. The summed E-state index contributed by atoms with van der Waals surface area (Å²) in [6.45, 7) is 0. The molecular weight excluding hydrogens is 308 g/mol. The number of hydrogen-bond donors (Lipinski definition) is 0. The van der Waals surface area contributed by atoms with Crippen LogP contribution in [0.5, 0.6) is 0 Å². The van der Waals surface area contributed by atoms with Gasteiger partial charge in [0.25, 0.3) is 0 Å². The summed E-state index contributed by atoms with van der Waals surface area (Å²) in [4.78, 5) is 0. The molecule has 0 saturated heterocycles. The Morgan fingerprint density at radius 3 is 2.00 bits per heavy atom. The first-order valence-corrected chi connectivity index (χ1v) is 6.94. The summed E-state index contributed by atoms with van der Waals surface area (Å²) in [5, 5.41) is 8.25. The standard InChI is InChI=1S/C16H8BrCl/c17-13-7-3-9-1-2-10-4-8-14(18)12-6-5-11(13)15(9)16(10)12/h1-8H. The van der Waals surface area contributed by atoms with Gasteiger partial charge in [-0.25, -0.2) is 0 Å². The van der Waals surface area contributed by atoms with Crippen molar-refractivity contribution in [1.82, 2.24) is 0 Å². The Bertz CT molecular complexity index is 821. The van der Waals surface area contributed by atoms with Crippen molar-refractivity contribution in [2.24, 2.45) is 0 Å². The molecule has 0 nitrogen and oxygen atoms in total. The molecule has 0 spiro atoms. The van der Waals surface area contributed by atoms with Crippen molar-refractivity contribution in [3.63, 3.8) is 0 Å². The zero-order valence-electron chi connectivity index (χ0n) is 9.37. The molecule has 0 saturated carbocycles. The zero-order chi connectivity index (χ0) is 12.3. The third-order valence-corrected chi connectivity index (χ3v) is 4.58. The Morgan fingerprint density at radius 2 is 1.22 bits per heavy atom. The van der Waals surface area contributed by atoms with E-state index in [1.807, 2.05) is 6.07 Å². The molecule has 0 N–H and O–H groups in total. The summed E-state index contributed by atoms with van der Waals surface area (Å²) in [5.74, 6) is 0. The SMILES string of the molecule is Clc1ccc2ccc3ccc(Br)c4ccc1c2c34. The first-order chi connectivity index (χ1) is 8.75. The van der Waals surface area contributed by atoms with Crippen molar-refractivity contribution < 1.29 is 0 Å². The van der Waals surface area contributed by atoms with E-state index >= 15 is 0 Å². The van der Waals surface area contributed by atoms with Crippen LogP contribution in [0.1, 0.15) is 0 Å². The molecule has 4 aromatic rings. The summed E-state index contributed by atoms with van der Waals surface area (Å²) in [5.41, 5.74) is 0. The van der Waals surface area contributed by atoms with E-state index in [2.05, 4.69) is 58.4 Å². The zero-order valence-corrected chi connectivity index (χ0v) is 11.7. The average Bonchev–Trinajstić information content (AvgIpc) is 2.40. The highest BCUT2D eigenvalue weighted by Gasteiger charge is 2.11. The first-order valence-electron chi connectivity index (χ1n) is 5.77. The first kappa shape index (κ1) is 10.6. The van der Waals surface area contributed by atoms with Gasteiger partial charge in [0.05, 0.1) is 0 Å². The topological polar surface area (TPSA) is 0 Å². The third-order valence-electron chi connectivity index (χ3n) is 3.56. The Balaban J connectivity index is 2.47. The molecule has 4 rings (SSSR count). The lowest BCUT2D eigenvalue weighted by atomic mass is 9.94. The van der Waals surface area contributed by atoms with Crippen LogP contribution in [0.25, 0.3) is 32.3 Å². The van der Waals surface area contributed by atoms with E-state index in [9.17, 15) is 0 Å². The molecule has 18 heavy (non-hydrogen) atoms. The van der Waals surface area contributed by atoms with E-state index < -0.39 is 0 Å². The molecule has 0 aliphatic rings. The van der Waals surface area contributed by atoms with E-state index in [-0.39, 0.29) is 0 Å². The molecule has 4 aromatic carbocycles. The van der Waals surface area contributed by atoms with Crippen molar-refractivity contribution >= 4 is 59.8 Å². The van der Waals surface area contributed by atoms with Gasteiger partial charge in [0.2, 0.25) is 0 Å². The molecule has 0 aliphatic carbocycles. The maximum Gasteiger partial charge on any atom is 0.0485 e. The van der Waals surface area contributed by atoms with Crippen LogP contribution in [-0.4, -0.2) is 0 Å². The predicted octanol–water partition coefficient (Wildman–Crippen LogP) is 6.00. The average molecular weight is 316 g/mol. The van der Waals surface area contributed by atoms with E-state index in [0.717, 1.165) is 14.9 Å². The number of halogens is 2. The molecular formula is C16H8BrCl. The molecule has 0 radical (unpaired) electrons. The largest absolute Gasteiger partial charge is 0.0837 e. The van der Waals surface area contributed by atoms with Crippen LogP contribution in [0.4, 0.5) is 0 Å². The molecule has 0 atom stereocenters. The fraction of sp³-hybridized carbons (Fsp3) is 0. The molecule has 2 heteroatoms. The second kappa shape index (κ2) is 3.59. The van der Waals surface area contributed by atoms with Gasteiger partial charge in [-0.3, -0.25) is 0 Å². The minimum absolute atomic E-state index is 0.817. The lowest BCUT2D eigenvalue weighted by molar-refractivity contribution is 1.75. The minimum atomic E-state index is 0.817. The molecule has 0 bridgehead atoms. The maximum atomic E-state index is 6.31. The number of hydrogen-bond acceptors (Lipinski definition) is 0. The smallest absolute Gasteiger partial charge is 0.0485 e. The molecule has 0 fully saturated rings. The van der Waals surface area contributed by atoms with Gasteiger partial charge in [0.15, 0.2) is 0 Å². The predicted molar refractivity (Wildman–Crippen MR) is 82.9 cm³/mol. The van der Waals surface area contributed by atoms with Gasteiger partial charge in [-0.2, -0.15) is 0 Å². The Kier molecular flexibility index (Phi) is 2.12. The van der Waals surface area contributed by atoms with E-state index in [4.69, 9.17) is 11.6 Å².